The molecule has 0 saturated heterocycles. The number of benzene rings is 1. The summed E-state index contributed by atoms with van der Waals surface area (Å²) in [5, 5.41) is 14.6. The zero-order valence-electron chi connectivity index (χ0n) is 12.1. The fraction of sp³-hybridized carbons (Fsp3) is 0.0714. The van der Waals surface area contributed by atoms with E-state index in [4.69, 9.17) is 10.8 Å². The molecule has 118 valence electrons. The fourth-order valence-corrected chi connectivity index (χ4v) is 3.17. The third-order valence-corrected chi connectivity index (χ3v) is 4.25. The summed E-state index contributed by atoms with van der Waals surface area (Å²) < 4.78 is 0.775. The first-order chi connectivity index (χ1) is 11.0. The van der Waals surface area contributed by atoms with Crippen molar-refractivity contribution in [3.63, 3.8) is 0 Å². The standard InChI is InChI=1S/C14H13N5O3S/c1-18(16-8-5-3-2-4-6-8)12(20)10-7-9-11(15)17-19(14(21)22)13(9)23-10/h2-7,16H,1H3,(H2,15,17)(H,21,22). The Bertz CT molecular complexity index is 887. The van der Waals surface area contributed by atoms with Crippen molar-refractivity contribution < 1.29 is 14.7 Å². The molecule has 0 unspecified atom stereocenters. The molecular weight excluding hydrogens is 318 g/mol. The molecule has 0 aliphatic rings. The second-order valence-electron chi connectivity index (χ2n) is 4.75. The molecule has 0 aliphatic carbocycles. The number of hydrogen-bond acceptors (Lipinski definition) is 6. The highest BCUT2D eigenvalue weighted by atomic mass is 32.1. The highest BCUT2D eigenvalue weighted by Crippen LogP contribution is 2.30. The SMILES string of the molecule is CN(Nc1ccccc1)C(=O)c1cc2c(N)nn(C(=O)O)c2s1. The molecule has 4 N–H and O–H groups in total. The van der Waals surface area contributed by atoms with Crippen LogP contribution in [0.2, 0.25) is 0 Å². The van der Waals surface area contributed by atoms with Crippen LogP contribution in [0.25, 0.3) is 10.2 Å². The van der Waals surface area contributed by atoms with E-state index in [1.165, 1.54) is 5.01 Å². The molecule has 23 heavy (non-hydrogen) atoms. The first kappa shape index (κ1) is 14.9. The van der Waals surface area contributed by atoms with Crippen LogP contribution in [0, 0.1) is 0 Å². The minimum atomic E-state index is -1.25. The minimum absolute atomic E-state index is 0.0800. The lowest BCUT2D eigenvalue weighted by atomic mass is 10.3. The van der Waals surface area contributed by atoms with Crippen molar-refractivity contribution in [1.29, 1.82) is 0 Å². The molecule has 8 nitrogen and oxygen atoms in total. The van der Waals surface area contributed by atoms with Gasteiger partial charge in [0.05, 0.1) is 16.0 Å². The van der Waals surface area contributed by atoms with Crippen LogP contribution >= 0.6 is 11.3 Å². The van der Waals surface area contributed by atoms with Crippen molar-refractivity contribution in [1.82, 2.24) is 14.8 Å². The largest absolute Gasteiger partial charge is 0.463 e. The molecule has 1 aromatic carbocycles. The number of carbonyl (C=O) groups is 2. The van der Waals surface area contributed by atoms with E-state index in [9.17, 15) is 9.59 Å². The lowest BCUT2D eigenvalue weighted by Gasteiger charge is -2.18. The number of nitrogen functional groups attached to an aromatic ring is 1. The molecule has 0 fully saturated rings. The highest BCUT2D eigenvalue weighted by molar-refractivity contribution is 7.20. The van der Waals surface area contributed by atoms with Crippen LogP contribution in [0.3, 0.4) is 0 Å². The van der Waals surface area contributed by atoms with Gasteiger partial charge in [-0.25, -0.2) is 4.79 Å². The van der Waals surface area contributed by atoms with E-state index in [-0.39, 0.29) is 11.7 Å². The van der Waals surface area contributed by atoms with Crippen LogP contribution in [0.4, 0.5) is 16.3 Å². The molecule has 3 rings (SSSR count). The maximum Gasteiger partial charge on any atom is 0.433 e. The number of nitrogens with two attached hydrogens (primary N) is 1. The number of rotatable bonds is 3. The van der Waals surface area contributed by atoms with Gasteiger partial charge in [0.15, 0.2) is 5.82 Å². The first-order valence-corrected chi connectivity index (χ1v) is 7.40. The van der Waals surface area contributed by atoms with Crippen LogP contribution < -0.4 is 11.2 Å². The Kier molecular flexibility index (Phi) is 3.62. The lowest BCUT2D eigenvalue weighted by Crippen LogP contribution is -2.31. The van der Waals surface area contributed by atoms with Gasteiger partial charge in [0.1, 0.15) is 4.83 Å². The molecule has 1 amide bonds. The topological polar surface area (TPSA) is 113 Å². The van der Waals surface area contributed by atoms with Gasteiger partial charge < -0.3 is 10.8 Å². The molecule has 0 saturated carbocycles. The van der Waals surface area contributed by atoms with Gasteiger partial charge in [0.25, 0.3) is 5.91 Å². The van der Waals surface area contributed by atoms with Gasteiger partial charge in [-0.1, -0.05) is 18.2 Å². The van der Waals surface area contributed by atoms with Crippen LogP contribution in [0.1, 0.15) is 9.67 Å². The number of anilines is 2. The maximum absolute atomic E-state index is 12.5. The van der Waals surface area contributed by atoms with Crippen molar-refractivity contribution >= 4 is 45.1 Å². The maximum atomic E-state index is 12.5. The third-order valence-electron chi connectivity index (χ3n) is 3.16. The van der Waals surface area contributed by atoms with Crippen LogP contribution in [-0.2, 0) is 0 Å². The Morgan fingerprint density at radius 1 is 1.35 bits per heavy atom. The van der Waals surface area contributed by atoms with Crippen molar-refractivity contribution in [2.75, 3.05) is 18.2 Å². The summed E-state index contributed by atoms with van der Waals surface area (Å²) >= 11 is 1.03. The number of hydrazine groups is 1. The average molecular weight is 331 g/mol. The average Bonchev–Trinajstić information content (AvgIpc) is 3.08. The number of carboxylic acid groups (broad SMARTS) is 1. The molecule has 9 heteroatoms. The number of nitrogens with one attached hydrogen (secondary N) is 1. The Labute approximate surface area is 134 Å². The number of hydrogen-bond donors (Lipinski definition) is 3. The first-order valence-electron chi connectivity index (χ1n) is 6.58. The molecule has 0 radical (unpaired) electrons. The number of aromatic nitrogens is 2. The Morgan fingerprint density at radius 3 is 2.70 bits per heavy atom. The summed E-state index contributed by atoms with van der Waals surface area (Å²) in [5.74, 6) is -0.220. The smallest absolute Gasteiger partial charge is 0.433 e. The molecule has 2 heterocycles. The van der Waals surface area contributed by atoms with Gasteiger partial charge in [0.2, 0.25) is 0 Å². The number of nitrogens with zero attached hydrogens (tertiary/aromatic N) is 3. The van der Waals surface area contributed by atoms with Gasteiger partial charge in [0, 0.05) is 7.05 Å². The number of carbonyl (C=O) groups excluding carboxylic acids is 1. The van der Waals surface area contributed by atoms with E-state index >= 15 is 0 Å². The molecule has 0 bridgehead atoms. The quantitative estimate of drug-likeness (QED) is 0.635. The third kappa shape index (κ3) is 2.69. The number of fused-ring (bicyclic) bond motifs is 1. The Balaban J connectivity index is 1.89. The molecule has 2 aromatic heterocycles. The van der Waals surface area contributed by atoms with Crippen molar-refractivity contribution in [2.45, 2.75) is 0 Å². The summed E-state index contributed by atoms with van der Waals surface area (Å²) in [7, 11) is 1.59. The normalized spacial score (nSPS) is 10.7. The number of amides is 1. The van der Waals surface area contributed by atoms with Gasteiger partial charge >= 0.3 is 6.09 Å². The van der Waals surface area contributed by atoms with Crippen LogP contribution in [0.15, 0.2) is 36.4 Å². The van der Waals surface area contributed by atoms with E-state index < -0.39 is 6.09 Å². The van der Waals surface area contributed by atoms with Gasteiger partial charge in [-0.05, 0) is 18.2 Å². The predicted molar refractivity (Wildman–Crippen MR) is 87.6 cm³/mol. The fourth-order valence-electron chi connectivity index (χ4n) is 2.09. The molecular formula is C14H13N5O3S. The van der Waals surface area contributed by atoms with E-state index in [0.717, 1.165) is 21.7 Å². The Morgan fingerprint density at radius 2 is 2.04 bits per heavy atom. The van der Waals surface area contributed by atoms with Gasteiger partial charge in [-0.15, -0.1) is 16.4 Å². The molecule has 0 aliphatic heterocycles. The lowest BCUT2D eigenvalue weighted by molar-refractivity contribution is 0.0830. The van der Waals surface area contributed by atoms with Gasteiger partial charge in [-0.3, -0.25) is 15.2 Å². The van der Waals surface area contributed by atoms with Crippen molar-refractivity contribution in [3.05, 3.63) is 41.3 Å². The zero-order valence-corrected chi connectivity index (χ0v) is 12.9. The highest BCUT2D eigenvalue weighted by Gasteiger charge is 2.21. The summed E-state index contributed by atoms with van der Waals surface area (Å²) in [5.41, 5.74) is 9.41. The summed E-state index contributed by atoms with van der Waals surface area (Å²) in [6, 6.07) is 10.8. The van der Waals surface area contributed by atoms with E-state index in [1.54, 1.807) is 13.1 Å². The number of para-hydroxylation sites is 1. The van der Waals surface area contributed by atoms with Crippen LogP contribution in [-0.4, -0.2) is 38.9 Å². The molecule has 0 spiro atoms. The van der Waals surface area contributed by atoms with Gasteiger partial charge in [-0.2, -0.15) is 4.68 Å². The second-order valence-corrected chi connectivity index (χ2v) is 5.78. The molecule has 3 aromatic rings. The monoisotopic (exact) mass is 331 g/mol. The second kappa shape index (κ2) is 5.61. The number of thiophene rings is 1. The van der Waals surface area contributed by atoms with Crippen LogP contribution in [0.5, 0.6) is 0 Å². The van der Waals surface area contributed by atoms with E-state index in [2.05, 4.69) is 10.5 Å². The minimum Gasteiger partial charge on any atom is -0.463 e. The molecule has 0 atom stereocenters. The summed E-state index contributed by atoms with van der Waals surface area (Å²) in [4.78, 5) is 24.3. The van der Waals surface area contributed by atoms with Crippen molar-refractivity contribution in [3.8, 4) is 0 Å². The summed E-state index contributed by atoms with van der Waals surface area (Å²) in [6.45, 7) is 0. The Hall–Kier alpha value is -3.07. The summed E-state index contributed by atoms with van der Waals surface area (Å²) in [6.07, 6.45) is -1.25. The zero-order chi connectivity index (χ0) is 16.6. The predicted octanol–water partition coefficient (Wildman–Crippen LogP) is 2.31. The van der Waals surface area contributed by atoms with E-state index in [1.807, 2.05) is 30.3 Å². The van der Waals surface area contributed by atoms with E-state index in [0.29, 0.717) is 15.1 Å². The van der Waals surface area contributed by atoms with Crippen molar-refractivity contribution in [2.24, 2.45) is 0 Å².